The predicted molar refractivity (Wildman–Crippen MR) is 164 cm³/mol. The summed E-state index contributed by atoms with van der Waals surface area (Å²) in [7, 11) is 0. The summed E-state index contributed by atoms with van der Waals surface area (Å²) in [5.74, 6) is -2.20. The summed E-state index contributed by atoms with van der Waals surface area (Å²) < 4.78 is 28.0. The van der Waals surface area contributed by atoms with Gasteiger partial charge in [0, 0.05) is 49.5 Å². The number of aliphatic hydroxyl groups excluding tert-OH is 2. The molecule has 232 valence electrons. The van der Waals surface area contributed by atoms with E-state index >= 15 is 0 Å². The van der Waals surface area contributed by atoms with Crippen LogP contribution >= 0.6 is 0 Å². The van der Waals surface area contributed by atoms with Crippen molar-refractivity contribution in [2.75, 3.05) is 26.2 Å². The van der Waals surface area contributed by atoms with Gasteiger partial charge in [-0.1, -0.05) is 44.2 Å². The van der Waals surface area contributed by atoms with E-state index in [0.717, 1.165) is 30.0 Å². The Hall–Kier alpha value is -3.66. The normalized spacial score (nSPS) is 13.3. The number of benzene rings is 3. The number of aliphatic hydroxyl groups is 2. The maximum absolute atomic E-state index is 14.0. The van der Waals surface area contributed by atoms with Crippen molar-refractivity contribution in [1.29, 1.82) is 0 Å². The summed E-state index contributed by atoms with van der Waals surface area (Å²) in [6.45, 7) is 6.97. The number of aryl methyl sites for hydroxylation is 1. The lowest BCUT2D eigenvalue weighted by Crippen LogP contribution is -2.49. The molecule has 0 aromatic heterocycles. The van der Waals surface area contributed by atoms with Gasteiger partial charge in [0.1, 0.15) is 11.6 Å². The fourth-order valence-electron chi connectivity index (χ4n) is 5.20. The van der Waals surface area contributed by atoms with Crippen LogP contribution in [-0.2, 0) is 6.42 Å². The molecule has 0 fully saturated rings. The number of hydrogen-bond donors (Lipinski definition) is 4. The Balaban J connectivity index is 1.85. The van der Waals surface area contributed by atoms with Crippen molar-refractivity contribution in [3.8, 4) is 0 Å². The molecule has 0 aliphatic rings. The Morgan fingerprint density at radius 2 is 1.53 bits per heavy atom. The van der Waals surface area contributed by atoms with Crippen LogP contribution in [-0.4, -0.2) is 65.3 Å². The van der Waals surface area contributed by atoms with Crippen molar-refractivity contribution in [2.24, 2.45) is 0 Å². The number of nitrogens with one attached hydrogen (secondary N) is 2. The second-order valence-electron chi connectivity index (χ2n) is 10.9. The Morgan fingerprint density at radius 3 is 2.14 bits per heavy atom. The molecule has 0 radical (unpaired) electrons. The van der Waals surface area contributed by atoms with Gasteiger partial charge in [-0.25, -0.2) is 8.78 Å². The number of rotatable bonds is 16. The van der Waals surface area contributed by atoms with Gasteiger partial charge in [-0.3, -0.25) is 9.59 Å². The number of nitrogens with zero attached hydrogens (tertiary/aromatic N) is 1. The molecular formula is C34H43F2N3O4. The highest BCUT2D eigenvalue weighted by atomic mass is 19.1. The minimum atomic E-state index is -1.16. The molecule has 7 nitrogen and oxygen atoms in total. The van der Waals surface area contributed by atoms with Crippen LogP contribution in [0.25, 0.3) is 0 Å². The van der Waals surface area contributed by atoms with E-state index in [1.54, 1.807) is 30.0 Å². The van der Waals surface area contributed by atoms with Gasteiger partial charge in [-0.2, -0.15) is 0 Å². The van der Waals surface area contributed by atoms with E-state index < -0.39 is 29.7 Å². The number of hydrogen-bond acceptors (Lipinski definition) is 5. The Kier molecular flexibility index (Phi) is 13.3. The van der Waals surface area contributed by atoms with E-state index in [-0.39, 0.29) is 42.6 Å². The first-order valence-electron chi connectivity index (χ1n) is 14.9. The molecule has 0 spiro atoms. The fraction of sp³-hybridized carbons (Fsp3) is 0.412. The summed E-state index contributed by atoms with van der Waals surface area (Å²) in [6.07, 6.45) is 0.814. The van der Waals surface area contributed by atoms with Crippen LogP contribution < -0.4 is 10.6 Å². The fourth-order valence-corrected chi connectivity index (χ4v) is 5.20. The molecule has 43 heavy (non-hydrogen) atoms. The molecule has 9 heteroatoms. The zero-order chi connectivity index (χ0) is 31.4. The van der Waals surface area contributed by atoms with E-state index in [9.17, 15) is 28.6 Å². The van der Waals surface area contributed by atoms with Crippen LogP contribution in [0.3, 0.4) is 0 Å². The topological polar surface area (TPSA) is 102 Å². The van der Waals surface area contributed by atoms with Gasteiger partial charge in [0.15, 0.2) is 0 Å². The van der Waals surface area contributed by atoms with Crippen molar-refractivity contribution < 1.29 is 28.6 Å². The largest absolute Gasteiger partial charge is 0.396 e. The van der Waals surface area contributed by atoms with E-state index in [0.29, 0.717) is 25.1 Å². The monoisotopic (exact) mass is 595 g/mol. The number of halogens is 2. The van der Waals surface area contributed by atoms with Crippen molar-refractivity contribution in [2.45, 2.75) is 64.6 Å². The molecule has 3 atom stereocenters. The lowest BCUT2D eigenvalue weighted by Gasteiger charge is -2.27. The standard InChI is InChI=1S/C34H43F2N3O4/c1-4-12-39(13-5-2)34(43)27-16-23(3)15-26(20-27)33(42)38-31(19-24-17-28(35)21-29(36)18-24)32(41)22-37-30(11-14-40)25-9-7-6-8-10-25/h6-10,15-18,20-21,30-32,37,40-41H,4-5,11-14,19,22H2,1-3H3,(H,38,42). The van der Waals surface area contributed by atoms with Crippen LogP contribution in [0.15, 0.2) is 66.7 Å². The first-order valence-corrected chi connectivity index (χ1v) is 14.9. The van der Waals surface area contributed by atoms with E-state index in [2.05, 4.69) is 10.6 Å². The van der Waals surface area contributed by atoms with E-state index in [1.165, 1.54) is 12.1 Å². The van der Waals surface area contributed by atoms with Crippen molar-refractivity contribution in [3.05, 3.63) is 106 Å². The third-order valence-corrected chi connectivity index (χ3v) is 7.21. The average molecular weight is 596 g/mol. The summed E-state index contributed by atoms with van der Waals surface area (Å²) >= 11 is 0. The molecule has 3 aromatic rings. The van der Waals surface area contributed by atoms with Gasteiger partial charge in [0.05, 0.1) is 12.1 Å². The minimum absolute atomic E-state index is 0.0306. The van der Waals surface area contributed by atoms with Crippen LogP contribution in [0, 0.1) is 18.6 Å². The summed E-state index contributed by atoms with van der Waals surface area (Å²) in [5.41, 5.74) is 2.56. The smallest absolute Gasteiger partial charge is 0.253 e. The molecule has 0 aliphatic heterocycles. The number of amides is 2. The van der Waals surface area contributed by atoms with Crippen LogP contribution in [0.1, 0.15) is 76.6 Å². The third-order valence-electron chi connectivity index (χ3n) is 7.21. The zero-order valence-corrected chi connectivity index (χ0v) is 25.2. The van der Waals surface area contributed by atoms with Crippen LogP contribution in [0.5, 0.6) is 0 Å². The van der Waals surface area contributed by atoms with Crippen molar-refractivity contribution in [3.63, 3.8) is 0 Å². The van der Waals surface area contributed by atoms with E-state index in [4.69, 9.17) is 0 Å². The van der Waals surface area contributed by atoms with Gasteiger partial charge in [-0.15, -0.1) is 0 Å². The highest BCUT2D eigenvalue weighted by molar-refractivity contribution is 6.00. The molecule has 0 bridgehead atoms. The second-order valence-corrected chi connectivity index (χ2v) is 10.9. The van der Waals surface area contributed by atoms with Gasteiger partial charge in [0.2, 0.25) is 0 Å². The summed E-state index contributed by atoms with van der Waals surface area (Å²) in [4.78, 5) is 28.6. The van der Waals surface area contributed by atoms with Crippen molar-refractivity contribution in [1.82, 2.24) is 15.5 Å². The van der Waals surface area contributed by atoms with Gasteiger partial charge >= 0.3 is 0 Å². The highest BCUT2D eigenvalue weighted by Crippen LogP contribution is 2.18. The Morgan fingerprint density at radius 1 is 0.907 bits per heavy atom. The molecule has 3 aromatic carbocycles. The molecule has 0 aliphatic carbocycles. The first-order chi connectivity index (χ1) is 20.6. The molecular weight excluding hydrogens is 552 g/mol. The predicted octanol–water partition coefficient (Wildman–Crippen LogP) is 4.95. The van der Waals surface area contributed by atoms with Crippen molar-refractivity contribution >= 4 is 11.8 Å². The quantitative estimate of drug-likeness (QED) is 0.188. The average Bonchev–Trinajstić information content (AvgIpc) is 2.97. The summed E-state index contributed by atoms with van der Waals surface area (Å²) in [6, 6.07) is 16.3. The maximum Gasteiger partial charge on any atom is 0.253 e. The van der Waals surface area contributed by atoms with E-state index in [1.807, 2.05) is 44.2 Å². The molecule has 2 amide bonds. The highest BCUT2D eigenvalue weighted by Gasteiger charge is 2.25. The molecule has 0 saturated heterocycles. The van der Waals surface area contributed by atoms with Gasteiger partial charge < -0.3 is 25.7 Å². The zero-order valence-electron chi connectivity index (χ0n) is 25.2. The lowest BCUT2D eigenvalue weighted by molar-refractivity contribution is 0.0755. The van der Waals surface area contributed by atoms with Gasteiger partial charge in [-0.05, 0) is 79.6 Å². The van der Waals surface area contributed by atoms with Crippen LogP contribution in [0.4, 0.5) is 8.78 Å². The molecule has 0 saturated carbocycles. The molecule has 3 rings (SSSR count). The SMILES string of the molecule is CCCN(CCC)C(=O)c1cc(C)cc(C(=O)NC(Cc2cc(F)cc(F)c2)C(O)CNC(CCO)c2ccccc2)c1. The molecule has 4 N–H and O–H groups in total. The minimum Gasteiger partial charge on any atom is -0.396 e. The first kappa shape index (κ1) is 33.8. The Labute approximate surface area is 252 Å². The maximum atomic E-state index is 14.0. The summed E-state index contributed by atoms with van der Waals surface area (Å²) in [5, 5.41) is 26.9. The lowest BCUT2D eigenvalue weighted by atomic mass is 9.98. The number of carbonyl (C=O) groups excluding carboxylic acids is 2. The van der Waals surface area contributed by atoms with Gasteiger partial charge in [0.25, 0.3) is 11.8 Å². The second kappa shape index (κ2) is 16.8. The Bertz CT molecular complexity index is 1310. The third kappa shape index (κ3) is 10.2. The molecule has 3 unspecified atom stereocenters. The van der Waals surface area contributed by atoms with Crippen LogP contribution in [0.2, 0.25) is 0 Å². The number of carbonyl (C=O) groups is 2. The molecule has 0 heterocycles.